The predicted octanol–water partition coefficient (Wildman–Crippen LogP) is 8.22. The lowest BCUT2D eigenvalue weighted by Crippen LogP contribution is -2.32. The number of benzene rings is 3. The van der Waals surface area contributed by atoms with Gasteiger partial charge in [0.05, 0.1) is 28.3 Å². The number of fused-ring (bicyclic) bond motifs is 1. The predicted molar refractivity (Wildman–Crippen MR) is 152 cm³/mol. The number of ether oxygens (including phenoxy) is 1. The average Bonchev–Trinajstić information content (AvgIpc) is 2.95. The molecular formula is C31H33F7N2O3S. The third-order valence-electron chi connectivity index (χ3n) is 7.47. The number of anilines is 1. The summed E-state index contributed by atoms with van der Waals surface area (Å²) in [6.07, 6.45) is -5.55. The molecule has 3 aromatic carbocycles. The Morgan fingerprint density at radius 1 is 0.886 bits per heavy atom. The molecule has 0 radical (unpaired) electrons. The highest BCUT2D eigenvalue weighted by Crippen LogP contribution is 2.37. The van der Waals surface area contributed by atoms with E-state index in [0.717, 1.165) is 48.9 Å². The van der Waals surface area contributed by atoms with Gasteiger partial charge in [-0.25, -0.2) is 12.8 Å². The van der Waals surface area contributed by atoms with Gasteiger partial charge in [-0.15, -0.1) is 0 Å². The smallest absolute Gasteiger partial charge is 0.416 e. The molecule has 0 saturated carbocycles. The molecule has 13 heteroatoms. The van der Waals surface area contributed by atoms with Gasteiger partial charge in [0.25, 0.3) is 10.0 Å². The van der Waals surface area contributed by atoms with Crippen molar-refractivity contribution in [2.75, 3.05) is 24.4 Å². The number of rotatable bonds is 12. The Labute approximate surface area is 252 Å². The zero-order chi connectivity index (χ0) is 32.1. The molecule has 0 fully saturated rings. The highest BCUT2D eigenvalue weighted by Gasteiger charge is 2.38. The molecule has 240 valence electrons. The van der Waals surface area contributed by atoms with Crippen LogP contribution in [0.15, 0.2) is 59.5 Å². The summed E-state index contributed by atoms with van der Waals surface area (Å²) in [6.45, 7) is 3.40. The van der Waals surface area contributed by atoms with E-state index in [1.807, 2.05) is 4.90 Å². The summed E-state index contributed by atoms with van der Waals surface area (Å²) >= 11 is 0. The SMILES string of the molecule is CCCCCCOc1ccc(NS(=O)(=O)c2ccc3c(c2)CCN(CCc2ccc(C(F)(F)F)cc2C(F)(F)F)C3)c(F)c1. The second-order valence-electron chi connectivity index (χ2n) is 10.7. The van der Waals surface area contributed by atoms with Gasteiger partial charge in [0.15, 0.2) is 5.82 Å². The highest BCUT2D eigenvalue weighted by atomic mass is 32.2. The minimum Gasteiger partial charge on any atom is -0.493 e. The molecule has 0 atom stereocenters. The van der Waals surface area contributed by atoms with E-state index in [0.29, 0.717) is 37.9 Å². The summed E-state index contributed by atoms with van der Waals surface area (Å²) in [5.41, 5.74) is -1.64. The zero-order valence-electron chi connectivity index (χ0n) is 24.0. The molecule has 0 bridgehead atoms. The third kappa shape index (κ3) is 8.65. The number of alkyl halides is 6. The van der Waals surface area contributed by atoms with Gasteiger partial charge in [0.1, 0.15) is 5.75 Å². The molecule has 1 N–H and O–H groups in total. The summed E-state index contributed by atoms with van der Waals surface area (Å²) in [6, 6.07) is 10.0. The molecule has 0 aromatic heterocycles. The van der Waals surface area contributed by atoms with Crippen LogP contribution in [0.2, 0.25) is 0 Å². The van der Waals surface area contributed by atoms with Crippen LogP contribution in [0.25, 0.3) is 0 Å². The number of hydrogen-bond donors (Lipinski definition) is 1. The van der Waals surface area contributed by atoms with Crippen molar-refractivity contribution in [2.24, 2.45) is 0 Å². The molecule has 3 aromatic rings. The molecule has 1 aliphatic rings. The van der Waals surface area contributed by atoms with Crippen molar-refractivity contribution in [1.82, 2.24) is 4.90 Å². The van der Waals surface area contributed by atoms with Crippen molar-refractivity contribution < 1.29 is 43.9 Å². The first kappa shape index (κ1) is 33.6. The Kier molecular flexibility index (Phi) is 10.5. The second-order valence-corrected chi connectivity index (χ2v) is 12.4. The molecule has 0 spiro atoms. The largest absolute Gasteiger partial charge is 0.493 e. The monoisotopic (exact) mass is 646 g/mol. The van der Waals surface area contributed by atoms with Crippen molar-refractivity contribution in [3.63, 3.8) is 0 Å². The van der Waals surface area contributed by atoms with Crippen LogP contribution in [-0.2, 0) is 41.8 Å². The van der Waals surface area contributed by atoms with Crippen LogP contribution >= 0.6 is 0 Å². The number of nitrogens with zero attached hydrogens (tertiary/aromatic N) is 1. The van der Waals surface area contributed by atoms with Crippen LogP contribution < -0.4 is 9.46 Å². The zero-order valence-corrected chi connectivity index (χ0v) is 24.8. The fourth-order valence-corrected chi connectivity index (χ4v) is 6.17. The molecule has 0 unspecified atom stereocenters. The molecule has 0 saturated heterocycles. The summed E-state index contributed by atoms with van der Waals surface area (Å²) in [5, 5.41) is 0. The van der Waals surface area contributed by atoms with Crippen molar-refractivity contribution >= 4 is 15.7 Å². The molecule has 5 nitrogen and oxygen atoms in total. The van der Waals surface area contributed by atoms with E-state index in [9.17, 15) is 39.2 Å². The molecule has 1 heterocycles. The van der Waals surface area contributed by atoms with E-state index in [-0.39, 0.29) is 35.2 Å². The number of hydrogen-bond acceptors (Lipinski definition) is 4. The Bertz CT molecular complexity index is 1560. The number of nitrogens with one attached hydrogen (secondary N) is 1. The Balaban J connectivity index is 1.39. The molecular weight excluding hydrogens is 613 g/mol. The lowest BCUT2D eigenvalue weighted by atomic mass is 9.98. The Morgan fingerprint density at radius 3 is 2.34 bits per heavy atom. The van der Waals surface area contributed by atoms with Gasteiger partial charge in [-0.3, -0.25) is 9.62 Å². The van der Waals surface area contributed by atoms with E-state index in [1.54, 1.807) is 6.07 Å². The highest BCUT2D eigenvalue weighted by molar-refractivity contribution is 7.92. The van der Waals surface area contributed by atoms with E-state index in [2.05, 4.69) is 11.6 Å². The fourth-order valence-electron chi connectivity index (χ4n) is 5.05. The molecule has 1 aliphatic heterocycles. The van der Waals surface area contributed by atoms with E-state index in [1.165, 1.54) is 24.3 Å². The number of sulfonamides is 1. The van der Waals surface area contributed by atoms with Gasteiger partial charge in [0.2, 0.25) is 0 Å². The van der Waals surface area contributed by atoms with Crippen molar-refractivity contribution in [3.05, 3.63) is 88.2 Å². The van der Waals surface area contributed by atoms with Crippen molar-refractivity contribution in [2.45, 2.75) is 69.2 Å². The summed E-state index contributed by atoms with van der Waals surface area (Å²) in [7, 11) is -4.13. The van der Waals surface area contributed by atoms with Gasteiger partial charge in [-0.05, 0) is 72.4 Å². The quantitative estimate of drug-likeness (QED) is 0.159. The molecule has 0 aliphatic carbocycles. The maximum absolute atomic E-state index is 14.7. The van der Waals surface area contributed by atoms with E-state index in [4.69, 9.17) is 4.74 Å². The van der Waals surface area contributed by atoms with Gasteiger partial charge < -0.3 is 4.74 Å². The first-order valence-electron chi connectivity index (χ1n) is 14.2. The third-order valence-corrected chi connectivity index (χ3v) is 8.83. The minimum absolute atomic E-state index is 0.0695. The topological polar surface area (TPSA) is 58.6 Å². The summed E-state index contributed by atoms with van der Waals surface area (Å²) in [4.78, 5) is 1.79. The molecule has 0 amide bonds. The van der Waals surface area contributed by atoms with Gasteiger partial charge >= 0.3 is 12.4 Å². The minimum atomic E-state index is -4.94. The second kappa shape index (κ2) is 13.8. The summed E-state index contributed by atoms with van der Waals surface area (Å²) in [5.74, 6) is -0.483. The van der Waals surface area contributed by atoms with E-state index < -0.39 is 39.3 Å². The average molecular weight is 647 g/mol. The lowest BCUT2D eigenvalue weighted by molar-refractivity contribution is -0.143. The normalized spacial score (nSPS) is 14.4. The molecule has 44 heavy (non-hydrogen) atoms. The Hall–Kier alpha value is -3.32. The van der Waals surface area contributed by atoms with Crippen molar-refractivity contribution in [1.29, 1.82) is 0 Å². The first-order valence-corrected chi connectivity index (χ1v) is 15.7. The standard InChI is InChI=1S/C31H33F7N2O3S/c1-2-3-4-5-16-43-25-9-11-29(28(32)19-25)39-44(41,42)26-10-7-23-20-40(15-13-22(23)17-26)14-12-21-6-8-24(30(33,34)35)18-27(21)31(36,37)38/h6-11,17-19,39H,2-5,12-16,20H2,1H3. The van der Waals surface area contributed by atoms with Crippen LogP contribution in [0.3, 0.4) is 0 Å². The van der Waals surface area contributed by atoms with Crippen LogP contribution in [0, 0.1) is 5.82 Å². The van der Waals surface area contributed by atoms with Gasteiger partial charge in [0, 0.05) is 25.7 Å². The van der Waals surface area contributed by atoms with Crippen LogP contribution in [0.4, 0.5) is 36.4 Å². The maximum atomic E-state index is 14.7. The van der Waals surface area contributed by atoms with E-state index >= 15 is 0 Å². The lowest BCUT2D eigenvalue weighted by Gasteiger charge is -2.29. The van der Waals surface area contributed by atoms with Gasteiger partial charge in [-0.2, -0.15) is 26.3 Å². The van der Waals surface area contributed by atoms with Gasteiger partial charge in [-0.1, -0.05) is 38.3 Å². The van der Waals surface area contributed by atoms with Crippen LogP contribution in [-0.4, -0.2) is 33.0 Å². The van der Waals surface area contributed by atoms with Crippen molar-refractivity contribution in [3.8, 4) is 5.75 Å². The van der Waals surface area contributed by atoms with Crippen LogP contribution in [0.5, 0.6) is 5.75 Å². The first-order chi connectivity index (χ1) is 20.7. The Morgan fingerprint density at radius 2 is 1.66 bits per heavy atom. The fraction of sp³-hybridized carbons (Fsp3) is 0.419. The summed E-state index contributed by atoms with van der Waals surface area (Å²) < 4.78 is 128. The number of halogens is 7. The molecule has 4 rings (SSSR count). The van der Waals surface area contributed by atoms with Crippen LogP contribution in [0.1, 0.15) is 60.4 Å². The number of unbranched alkanes of at least 4 members (excludes halogenated alkanes) is 3. The maximum Gasteiger partial charge on any atom is 0.416 e.